The molecule has 2 aromatic heterocycles. The van der Waals surface area contributed by atoms with Crippen molar-refractivity contribution in [1.82, 2.24) is 14.5 Å². The number of pyridine rings is 1. The number of nitrogens with one attached hydrogen (secondary N) is 1. The molecule has 1 fully saturated rings. The molecule has 0 spiro atoms. The number of fused-ring (bicyclic) bond motifs is 1. The number of hydrogen-bond donors (Lipinski definition) is 1. The SMILES string of the molecule is CC1COC1.CCOc1cc(-n2cnc(C#N)c2)nc2ccc(NC=O)cc12. The molecule has 0 bridgehead atoms. The first-order valence-corrected chi connectivity index (χ1v) is 8.94. The Labute approximate surface area is 162 Å². The zero-order chi connectivity index (χ0) is 19.9. The van der Waals surface area contributed by atoms with E-state index < -0.39 is 0 Å². The fourth-order valence-corrected chi connectivity index (χ4v) is 2.61. The maximum absolute atomic E-state index is 10.6. The van der Waals surface area contributed by atoms with Crippen molar-refractivity contribution in [2.75, 3.05) is 25.1 Å². The molecule has 1 saturated heterocycles. The van der Waals surface area contributed by atoms with Crippen LogP contribution < -0.4 is 10.1 Å². The summed E-state index contributed by atoms with van der Waals surface area (Å²) in [6.45, 7) is 6.55. The van der Waals surface area contributed by atoms with Gasteiger partial charge in [0.25, 0.3) is 0 Å². The van der Waals surface area contributed by atoms with Gasteiger partial charge >= 0.3 is 0 Å². The highest BCUT2D eigenvalue weighted by Crippen LogP contribution is 2.29. The second-order valence-corrected chi connectivity index (χ2v) is 6.33. The number of nitrogens with zero attached hydrogens (tertiary/aromatic N) is 4. The molecule has 3 heterocycles. The fraction of sp³-hybridized carbons (Fsp3) is 0.300. The van der Waals surface area contributed by atoms with E-state index in [-0.39, 0.29) is 0 Å². The van der Waals surface area contributed by atoms with Crippen LogP contribution in [0, 0.1) is 17.2 Å². The van der Waals surface area contributed by atoms with E-state index in [2.05, 4.69) is 22.2 Å². The number of nitriles is 1. The summed E-state index contributed by atoms with van der Waals surface area (Å²) in [7, 11) is 0. The van der Waals surface area contributed by atoms with Crippen LogP contribution in [0.1, 0.15) is 19.5 Å². The Bertz CT molecular complexity index is 1000. The summed E-state index contributed by atoms with van der Waals surface area (Å²) in [5, 5.41) is 12.3. The Morgan fingerprint density at radius 3 is 2.79 bits per heavy atom. The van der Waals surface area contributed by atoms with Gasteiger partial charge < -0.3 is 14.8 Å². The topological polar surface area (TPSA) is 102 Å². The molecule has 8 heteroatoms. The van der Waals surface area contributed by atoms with E-state index in [9.17, 15) is 4.79 Å². The number of imidazole rings is 1. The highest BCUT2D eigenvalue weighted by Gasteiger charge is 2.11. The number of benzene rings is 1. The van der Waals surface area contributed by atoms with E-state index in [1.54, 1.807) is 35.0 Å². The van der Waals surface area contributed by atoms with Crippen LogP contribution in [-0.2, 0) is 9.53 Å². The normalized spacial score (nSPS) is 13.0. The van der Waals surface area contributed by atoms with Gasteiger partial charge in [-0.2, -0.15) is 5.26 Å². The summed E-state index contributed by atoms with van der Waals surface area (Å²) in [5.41, 5.74) is 1.70. The van der Waals surface area contributed by atoms with Crippen LogP contribution in [0.15, 0.2) is 36.8 Å². The summed E-state index contributed by atoms with van der Waals surface area (Å²) in [4.78, 5) is 19.1. The van der Waals surface area contributed by atoms with E-state index >= 15 is 0 Å². The predicted molar refractivity (Wildman–Crippen MR) is 104 cm³/mol. The summed E-state index contributed by atoms with van der Waals surface area (Å²) in [6, 6.07) is 9.13. The van der Waals surface area contributed by atoms with Gasteiger partial charge in [0.05, 0.1) is 25.3 Å². The van der Waals surface area contributed by atoms with Gasteiger partial charge in [0.2, 0.25) is 6.41 Å². The zero-order valence-corrected chi connectivity index (χ0v) is 15.8. The van der Waals surface area contributed by atoms with Gasteiger partial charge in [-0.3, -0.25) is 9.36 Å². The molecule has 28 heavy (non-hydrogen) atoms. The standard InChI is InChI=1S/C16H13N5O2.C4H8O/c1-2-23-15-6-16(21-8-12(7-17)18-9-21)20-14-4-3-11(19-10-22)5-13(14)15;1-4-2-5-3-4/h3-6,8-10H,2H2,1H3,(H,19,22);4H,2-3H2,1H3. The summed E-state index contributed by atoms with van der Waals surface area (Å²) >= 11 is 0. The second kappa shape index (κ2) is 8.97. The van der Waals surface area contributed by atoms with Crippen molar-refractivity contribution < 1.29 is 14.3 Å². The second-order valence-electron chi connectivity index (χ2n) is 6.33. The van der Waals surface area contributed by atoms with Gasteiger partial charge in [-0.15, -0.1) is 0 Å². The third-order valence-corrected chi connectivity index (χ3v) is 4.05. The lowest BCUT2D eigenvalue weighted by atomic mass is 10.1. The Morgan fingerprint density at radius 1 is 1.43 bits per heavy atom. The Kier molecular flexibility index (Phi) is 6.19. The van der Waals surface area contributed by atoms with Gasteiger partial charge in [-0.25, -0.2) is 9.97 Å². The van der Waals surface area contributed by atoms with Crippen molar-refractivity contribution >= 4 is 23.0 Å². The minimum Gasteiger partial charge on any atom is -0.493 e. The molecule has 144 valence electrons. The van der Waals surface area contributed by atoms with E-state index in [0.717, 1.165) is 30.0 Å². The van der Waals surface area contributed by atoms with Gasteiger partial charge in [0, 0.05) is 29.3 Å². The van der Waals surface area contributed by atoms with Gasteiger partial charge in [0.1, 0.15) is 24.0 Å². The van der Waals surface area contributed by atoms with E-state index in [0.29, 0.717) is 36.0 Å². The summed E-state index contributed by atoms with van der Waals surface area (Å²) < 4.78 is 12.2. The number of hydrogen-bond acceptors (Lipinski definition) is 6. The van der Waals surface area contributed by atoms with Crippen molar-refractivity contribution in [1.29, 1.82) is 5.26 Å². The van der Waals surface area contributed by atoms with Crippen LogP contribution in [0.5, 0.6) is 5.75 Å². The van der Waals surface area contributed by atoms with E-state index in [4.69, 9.17) is 14.7 Å². The number of carbonyl (C=O) groups is 1. The molecule has 1 N–H and O–H groups in total. The third kappa shape index (κ3) is 4.45. The number of anilines is 1. The van der Waals surface area contributed by atoms with Crippen LogP contribution >= 0.6 is 0 Å². The molecule has 0 radical (unpaired) electrons. The van der Waals surface area contributed by atoms with Crippen LogP contribution in [0.4, 0.5) is 5.69 Å². The number of carbonyl (C=O) groups excluding carboxylic acids is 1. The van der Waals surface area contributed by atoms with Crippen molar-refractivity contribution in [2.45, 2.75) is 13.8 Å². The van der Waals surface area contributed by atoms with Crippen molar-refractivity contribution in [3.63, 3.8) is 0 Å². The first-order valence-electron chi connectivity index (χ1n) is 8.94. The molecule has 0 saturated carbocycles. The van der Waals surface area contributed by atoms with Crippen molar-refractivity contribution in [3.05, 3.63) is 42.5 Å². The van der Waals surface area contributed by atoms with E-state index in [1.165, 1.54) is 6.33 Å². The lowest BCUT2D eigenvalue weighted by Crippen LogP contribution is -2.23. The van der Waals surface area contributed by atoms with Crippen molar-refractivity contribution in [3.8, 4) is 17.6 Å². The first-order chi connectivity index (χ1) is 13.6. The van der Waals surface area contributed by atoms with Gasteiger partial charge in [0.15, 0.2) is 5.69 Å². The molecule has 4 rings (SSSR count). The minimum atomic E-state index is 0.315. The predicted octanol–water partition coefficient (Wildman–Crippen LogP) is 2.91. The molecule has 0 unspecified atom stereocenters. The Balaban J connectivity index is 0.000000391. The molecule has 0 aliphatic carbocycles. The third-order valence-electron chi connectivity index (χ3n) is 4.05. The molecule has 1 aliphatic heterocycles. The molecule has 1 aliphatic rings. The number of amides is 1. The Hall–Kier alpha value is -3.44. The Morgan fingerprint density at radius 2 is 2.21 bits per heavy atom. The highest BCUT2D eigenvalue weighted by atomic mass is 16.5. The van der Waals surface area contributed by atoms with Crippen molar-refractivity contribution in [2.24, 2.45) is 5.92 Å². The summed E-state index contributed by atoms with van der Waals surface area (Å²) in [5.74, 6) is 2.09. The van der Waals surface area contributed by atoms with Gasteiger partial charge in [-0.05, 0) is 25.1 Å². The zero-order valence-electron chi connectivity index (χ0n) is 15.8. The van der Waals surface area contributed by atoms with Crippen LogP contribution in [0.3, 0.4) is 0 Å². The van der Waals surface area contributed by atoms with Crippen LogP contribution in [-0.4, -0.2) is 40.8 Å². The highest BCUT2D eigenvalue weighted by molar-refractivity contribution is 5.90. The fourth-order valence-electron chi connectivity index (χ4n) is 2.61. The molecule has 8 nitrogen and oxygen atoms in total. The molecular formula is C20H21N5O3. The molecule has 0 atom stereocenters. The molecule has 1 aromatic carbocycles. The minimum absolute atomic E-state index is 0.315. The average molecular weight is 379 g/mol. The molecule has 1 amide bonds. The molecular weight excluding hydrogens is 358 g/mol. The number of ether oxygens (including phenoxy) is 2. The first kappa shape index (κ1) is 19.3. The van der Waals surface area contributed by atoms with Gasteiger partial charge in [-0.1, -0.05) is 6.92 Å². The van der Waals surface area contributed by atoms with E-state index in [1.807, 2.05) is 13.0 Å². The summed E-state index contributed by atoms with van der Waals surface area (Å²) in [6.07, 6.45) is 3.76. The maximum Gasteiger partial charge on any atom is 0.211 e. The molecule has 3 aromatic rings. The monoisotopic (exact) mass is 379 g/mol. The van der Waals surface area contributed by atoms with Crippen LogP contribution in [0.25, 0.3) is 16.7 Å². The average Bonchev–Trinajstić information content (AvgIpc) is 3.17. The number of rotatable bonds is 5. The van der Waals surface area contributed by atoms with Crippen LogP contribution in [0.2, 0.25) is 0 Å². The lowest BCUT2D eigenvalue weighted by Gasteiger charge is -2.20. The smallest absolute Gasteiger partial charge is 0.211 e. The largest absolute Gasteiger partial charge is 0.493 e. The lowest BCUT2D eigenvalue weighted by molar-refractivity contribution is -0.105. The number of aromatic nitrogens is 3. The quantitative estimate of drug-likeness (QED) is 0.684. The maximum atomic E-state index is 10.6.